The van der Waals surface area contributed by atoms with Crippen LogP contribution in [-0.2, 0) is 25.6 Å². The molecule has 4 amide bonds. The number of nitrogens with one attached hydrogen (secondary N) is 4. The Kier molecular flexibility index (Phi) is 15.5. The van der Waals surface area contributed by atoms with Crippen LogP contribution in [0.5, 0.6) is 0 Å². The Morgan fingerprint density at radius 3 is 2.41 bits per heavy atom. The van der Waals surface area contributed by atoms with Gasteiger partial charge in [0, 0.05) is 31.5 Å². The topological polar surface area (TPSA) is 116 Å². The van der Waals surface area contributed by atoms with E-state index in [1.807, 2.05) is 45.0 Å². The second-order valence-corrected chi connectivity index (χ2v) is 11.3. The van der Waals surface area contributed by atoms with E-state index in [4.69, 9.17) is 0 Å². The fourth-order valence-corrected chi connectivity index (χ4v) is 4.68. The molecule has 41 heavy (non-hydrogen) atoms. The van der Waals surface area contributed by atoms with Crippen molar-refractivity contribution in [2.24, 2.45) is 5.92 Å². The molecule has 0 bridgehead atoms. The summed E-state index contributed by atoms with van der Waals surface area (Å²) in [6.07, 6.45) is 15.5. The maximum atomic E-state index is 13.6. The Balaban J connectivity index is 2.13. The number of unbranched alkanes of at least 4 members (excludes halogenated alkanes) is 6. The lowest BCUT2D eigenvalue weighted by Gasteiger charge is -2.25. The molecule has 1 aliphatic heterocycles. The predicted molar refractivity (Wildman–Crippen MR) is 164 cm³/mol. The molecule has 226 valence electrons. The Morgan fingerprint density at radius 1 is 1.00 bits per heavy atom. The fraction of sp³-hybridized carbons (Fsp3) is 0.576. The van der Waals surface area contributed by atoms with Crippen LogP contribution in [0.2, 0.25) is 0 Å². The standard InChI is InChI=1S/C33H50N4O4/c1-5-6-7-8-9-10-11-19-31(39)35-29(23-26-17-13-12-16-25(26)4)33(41)37-28-18-14-15-22-34-30(38)21-20-27(24(2)3)36-32(28)40/h12-14,16-18,20-21,24,27-29H,5-11,15,19,22-23H2,1-4H3,(H,34,38)(H,35,39)(H,36,40)(H,37,41)/b18-14+,21-20+/t27-,28+,29+/m1/s1. The van der Waals surface area contributed by atoms with Crippen LogP contribution in [0.4, 0.5) is 0 Å². The van der Waals surface area contributed by atoms with Gasteiger partial charge in [0.15, 0.2) is 0 Å². The summed E-state index contributed by atoms with van der Waals surface area (Å²) in [5, 5.41) is 11.6. The maximum absolute atomic E-state index is 13.6. The summed E-state index contributed by atoms with van der Waals surface area (Å²) in [6.45, 7) is 8.48. The number of hydrogen-bond acceptors (Lipinski definition) is 4. The summed E-state index contributed by atoms with van der Waals surface area (Å²) in [6, 6.07) is 5.65. The minimum atomic E-state index is -0.924. The molecule has 3 atom stereocenters. The number of carbonyl (C=O) groups excluding carboxylic acids is 4. The van der Waals surface area contributed by atoms with Crippen LogP contribution in [0, 0.1) is 12.8 Å². The highest BCUT2D eigenvalue weighted by Gasteiger charge is 2.27. The normalized spacial score (nSPS) is 20.1. The molecule has 0 saturated heterocycles. The molecule has 0 aliphatic carbocycles. The van der Waals surface area contributed by atoms with Gasteiger partial charge in [-0.1, -0.05) is 102 Å². The lowest BCUT2D eigenvalue weighted by molar-refractivity contribution is -0.131. The Labute approximate surface area is 246 Å². The van der Waals surface area contributed by atoms with Crippen LogP contribution in [0.25, 0.3) is 0 Å². The second-order valence-electron chi connectivity index (χ2n) is 11.3. The van der Waals surface area contributed by atoms with Crippen molar-refractivity contribution in [3.63, 3.8) is 0 Å². The minimum absolute atomic E-state index is 0.0333. The smallest absolute Gasteiger partial charge is 0.247 e. The number of hydrogen-bond donors (Lipinski definition) is 4. The van der Waals surface area contributed by atoms with Gasteiger partial charge in [-0.25, -0.2) is 0 Å². The third-order valence-electron chi connectivity index (χ3n) is 7.35. The summed E-state index contributed by atoms with van der Waals surface area (Å²) in [5.41, 5.74) is 1.99. The van der Waals surface area contributed by atoms with Gasteiger partial charge in [-0.15, -0.1) is 0 Å². The van der Waals surface area contributed by atoms with Gasteiger partial charge in [-0.05, 0) is 36.8 Å². The van der Waals surface area contributed by atoms with E-state index in [1.165, 1.54) is 31.8 Å². The summed E-state index contributed by atoms with van der Waals surface area (Å²) in [5.74, 6) is -1.13. The Morgan fingerprint density at radius 2 is 1.71 bits per heavy atom. The molecule has 1 aromatic carbocycles. The number of rotatable bonds is 14. The molecule has 0 fully saturated rings. The molecule has 1 aliphatic rings. The molecule has 2 rings (SSSR count). The van der Waals surface area contributed by atoms with Crippen LogP contribution in [-0.4, -0.2) is 48.3 Å². The van der Waals surface area contributed by atoms with E-state index in [0.717, 1.165) is 30.4 Å². The molecule has 1 heterocycles. The van der Waals surface area contributed by atoms with Crippen molar-refractivity contribution in [3.8, 4) is 0 Å². The largest absolute Gasteiger partial charge is 0.352 e. The maximum Gasteiger partial charge on any atom is 0.247 e. The summed E-state index contributed by atoms with van der Waals surface area (Å²) >= 11 is 0. The Bertz CT molecular complexity index is 1050. The molecule has 0 saturated carbocycles. The highest BCUT2D eigenvalue weighted by atomic mass is 16.2. The molecule has 0 unspecified atom stereocenters. The molecular formula is C33H50N4O4. The lowest BCUT2D eigenvalue weighted by atomic mass is 9.99. The predicted octanol–water partition coefficient (Wildman–Crippen LogP) is 4.42. The van der Waals surface area contributed by atoms with E-state index in [-0.39, 0.29) is 29.7 Å². The van der Waals surface area contributed by atoms with E-state index in [9.17, 15) is 19.2 Å². The van der Waals surface area contributed by atoms with E-state index in [1.54, 1.807) is 18.2 Å². The van der Waals surface area contributed by atoms with Crippen LogP contribution in [0.3, 0.4) is 0 Å². The summed E-state index contributed by atoms with van der Waals surface area (Å²) < 4.78 is 0. The quantitative estimate of drug-likeness (QED) is 0.197. The Hall–Kier alpha value is -3.42. The summed E-state index contributed by atoms with van der Waals surface area (Å²) in [4.78, 5) is 51.8. The molecule has 0 radical (unpaired) electrons. The van der Waals surface area contributed by atoms with Gasteiger partial charge in [0.25, 0.3) is 0 Å². The first-order valence-electron chi connectivity index (χ1n) is 15.3. The van der Waals surface area contributed by atoms with Crippen molar-refractivity contribution in [1.82, 2.24) is 21.3 Å². The van der Waals surface area contributed by atoms with Crippen molar-refractivity contribution in [2.75, 3.05) is 6.54 Å². The first-order chi connectivity index (χ1) is 19.7. The zero-order valence-corrected chi connectivity index (χ0v) is 25.3. The average molecular weight is 567 g/mol. The summed E-state index contributed by atoms with van der Waals surface area (Å²) in [7, 11) is 0. The average Bonchev–Trinajstić information content (AvgIpc) is 2.93. The van der Waals surface area contributed by atoms with Gasteiger partial charge in [0.2, 0.25) is 23.6 Å². The molecule has 8 heteroatoms. The third kappa shape index (κ3) is 13.2. The minimum Gasteiger partial charge on any atom is -0.352 e. The monoisotopic (exact) mass is 566 g/mol. The highest BCUT2D eigenvalue weighted by molar-refractivity contribution is 5.93. The molecular weight excluding hydrogens is 516 g/mol. The second kappa shape index (κ2) is 18.8. The van der Waals surface area contributed by atoms with Gasteiger partial charge < -0.3 is 21.3 Å². The van der Waals surface area contributed by atoms with Gasteiger partial charge in [-0.2, -0.15) is 0 Å². The lowest BCUT2D eigenvalue weighted by Crippen LogP contribution is -2.55. The van der Waals surface area contributed by atoms with Crippen LogP contribution in [0.15, 0.2) is 48.6 Å². The van der Waals surface area contributed by atoms with Crippen molar-refractivity contribution >= 4 is 23.6 Å². The van der Waals surface area contributed by atoms with Gasteiger partial charge in [0.1, 0.15) is 12.1 Å². The van der Waals surface area contributed by atoms with E-state index in [2.05, 4.69) is 28.2 Å². The number of amides is 4. The van der Waals surface area contributed by atoms with Gasteiger partial charge >= 0.3 is 0 Å². The number of benzene rings is 1. The number of aryl methyl sites for hydroxylation is 1. The van der Waals surface area contributed by atoms with E-state index < -0.39 is 18.0 Å². The van der Waals surface area contributed by atoms with Crippen LogP contribution < -0.4 is 21.3 Å². The van der Waals surface area contributed by atoms with Gasteiger partial charge in [-0.3, -0.25) is 19.2 Å². The van der Waals surface area contributed by atoms with Crippen molar-refractivity contribution in [3.05, 3.63) is 59.7 Å². The fourth-order valence-electron chi connectivity index (χ4n) is 4.68. The zero-order valence-electron chi connectivity index (χ0n) is 25.3. The SMILES string of the molecule is CCCCCCCCCC(=O)N[C@@H](Cc1ccccc1C)C(=O)N[C@H]1/C=C/CCNC(=O)/C=C/[C@H](C(C)C)NC1=O. The van der Waals surface area contributed by atoms with Crippen molar-refractivity contribution < 1.29 is 19.2 Å². The van der Waals surface area contributed by atoms with Crippen LogP contribution in [0.1, 0.15) is 89.7 Å². The highest BCUT2D eigenvalue weighted by Crippen LogP contribution is 2.12. The third-order valence-corrected chi connectivity index (χ3v) is 7.35. The van der Waals surface area contributed by atoms with Crippen molar-refractivity contribution in [1.29, 1.82) is 0 Å². The van der Waals surface area contributed by atoms with Gasteiger partial charge in [0.05, 0.1) is 0 Å². The molecule has 1 aromatic rings. The molecule has 4 N–H and O–H groups in total. The molecule has 0 aromatic heterocycles. The zero-order chi connectivity index (χ0) is 30.0. The molecule has 0 spiro atoms. The van der Waals surface area contributed by atoms with E-state index >= 15 is 0 Å². The van der Waals surface area contributed by atoms with Crippen molar-refractivity contribution in [2.45, 2.75) is 110 Å². The van der Waals surface area contributed by atoms with E-state index in [0.29, 0.717) is 25.8 Å². The molecule has 8 nitrogen and oxygen atoms in total. The number of carbonyl (C=O) groups is 4. The first-order valence-corrected chi connectivity index (χ1v) is 15.3. The van der Waals surface area contributed by atoms with Crippen LogP contribution >= 0.6 is 0 Å². The first kappa shape index (κ1) is 33.8.